The van der Waals surface area contributed by atoms with E-state index in [2.05, 4.69) is 37.1 Å². The van der Waals surface area contributed by atoms with Crippen molar-refractivity contribution in [1.29, 1.82) is 0 Å². The van der Waals surface area contributed by atoms with Crippen LogP contribution in [0.2, 0.25) is 0 Å². The van der Waals surface area contributed by atoms with Crippen molar-refractivity contribution in [2.45, 2.75) is 64.5 Å². The standard InChI is InChI=1S/C17H28N2S/c1-13-14-7-11-20-15(14)6-10-19(13)17(12-18)9-5-4-8-16(17,2)3/h7,11,13H,4-6,8-10,12,18H2,1-3H3. The van der Waals surface area contributed by atoms with E-state index in [1.807, 2.05) is 11.3 Å². The molecule has 1 saturated carbocycles. The van der Waals surface area contributed by atoms with E-state index >= 15 is 0 Å². The first-order valence-corrected chi connectivity index (χ1v) is 8.93. The van der Waals surface area contributed by atoms with E-state index in [1.165, 1.54) is 38.6 Å². The molecule has 2 aliphatic rings. The van der Waals surface area contributed by atoms with Gasteiger partial charge in [-0.15, -0.1) is 11.3 Å². The van der Waals surface area contributed by atoms with E-state index in [1.54, 1.807) is 10.4 Å². The number of fused-ring (bicyclic) bond motifs is 1. The lowest BCUT2D eigenvalue weighted by Crippen LogP contribution is -2.65. The van der Waals surface area contributed by atoms with Gasteiger partial charge in [-0.3, -0.25) is 4.90 Å². The summed E-state index contributed by atoms with van der Waals surface area (Å²) in [6.07, 6.45) is 6.47. The normalized spacial score (nSPS) is 33.9. The van der Waals surface area contributed by atoms with E-state index in [0.29, 0.717) is 11.5 Å². The van der Waals surface area contributed by atoms with Gasteiger partial charge in [0, 0.05) is 29.5 Å². The minimum Gasteiger partial charge on any atom is -0.329 e. The average molecular weight is 292 g/mol. The third kappa shape index (κ3) is 1.98. The summed E-state index contributed by atoms with van der Waals surface area (Å²) in [5.41, 5.74) is 8.42. The van der Waals surface area contributed by atoms with Crippen LogP contribution in [0.3, 0.4) is 0 Å². The molecule has 0 amide bonds. The Labute approximate surface area is 127 Å². The summed E-state index contributed by atoms with van der Waals surface area (Å²) in [5, 5.41) is 2.26. The van der Waals surface area contributed by atoms with Crippen molar-refractivity contribution in [2.75, 3.05) is 13.1 Å². The Morgan fingerprint density at radius 2 is 2.10 bits per heavy atom. The molecule has 112 valence electrons. The second-order valence-electron chi connectivity index (χ2n) is 7.25. The summed E-state index contributed by atoms with van der Waals surface area (Å²) in [6.45, 7) is 9.23. The summed E-state index contributed by atoms with van der Waals surface area (Å²) < 4.78 is 0. The average Bonchev–Trinajstić information content (AvgIpc) is 2.89. The summed E-state index contributed by atoms with van der Waals surface area (Å²) in [5.74, 6) is 0. The molecule has 3 rings (SSSR count). The van der Waals surface area contributed by atoms with Crippen molar-refractivity contribution >= 4 is 11.3 Å². The van der Waals surface area contributed by atoms with Gasteiger partial charge in [-0.2, -0.15) is 0 Å². The molecule has 3 heteroatoms. The van der Waals surface area contributed by atoms with Crippen LogP contribution in [-0.4, -0.2) is 23.5 Å². The number of hydrogen-bond donors (Lipinski definition) is 1. The van der Waals surface area contributed by atoms with Crippen LogP contribution in [0, 0.1) is 5.41 Å². The topological polar surface area (TPSA) is 29.3 Å². The highest BCUT2D eigenvalue weighted by atomic mass is 32.1. The van der Waals surface area contributed by atoms with Crippen LogP contribution in [-0.2, 0) is 6.42 Å². The molecule has 0 bridgehead atoms. The fourth-order valence-corrected chi connectivity index (χ4v) is 5.64. The fraction of sp³-hybridized carbons (Fsp3) is 0.765. The Morgan fingerprint density at radius 3 is 2.80 bits per heavy atom. The SMILES string of the molecule is CC1c2ccsc2CCN1C1(CN)CCCCC1(C)C. The van der Waals surface area contributed by atoms with E-state index in [-0.39, 0.29) is 5.54 Å². The van der Waals surface area contributed by atoms with Crippen LogP contribution in [0.1, 0.15) is 62.9 Å². The second-order valence-corrected chi connectivity index (χ2v) is 8.25. The number of hydrogen-bond acceptors (Lipinski definition) is 3. The molecule has 0 spiro atoms. The van der Waals surface area contributed by atoms with Crippen molar-refractivity contribution in [2.24, 2.45) is 11.1 Å². The summed E-state index contributed by atoms with van der Waals surface area (Å²) >= 11 is 1.93. The zero-order valence-electron chi connectivity index (χ0n) is 13.1. The first kappa shape index (κ1) is 14.6. The Hall–Kier alpha value is -0.380. The van der Waals surface area contributed by atoms with Crippen LogP contribution < -0.4 is 5.73 Å². The van der Waals surface area contributed by atoms with Gasteiger partial charge in [0.1, 0.15) is 0 Å². The Kier molecular flexibility index (Phi) is 3.72. The molecule has 0 saturated heterocycles. The van der Waals surface area contributed by atoms with Crippen LogP contribution >= 0.6 is 11.3 Å². The Morgan fingerprint density at radius 1 is 1.35 bits per heavy atom. The highest BCUT2D eigenvalue weighted by Gasteiger charge is 2.51. The van der Waals surface area contributed by atoms with Crippen molar-refractivity contribution in [3.05, 3.63) is 21.9 Å². The molecule has 2 nitrogen and oxygen atoms in total. The van der Waals surface area contributed by atoms with Gasteiger partial charge < -0.3 is 5.73 Å². The highest BCUT2D eigenvalue weighted by molar-refractivity contribution is 7.10. The highest BCUT2D eigenvalue weighted by Crippen LogP contribution is 2.51. The lowest BCUT2D eigenvalue weighted by Gasteiger charge is -2.59. The van der Waals surface area contributed by atoms with Gasteiger partial charge >= 0.3 is 0 Å². The number of thiophene rings is 1. The maximum absolute atomic E-state index is 6.36. The number of nitrogens with two attached hydrogens (primary N) is 1. The molecule has 1 fully saturated rings. The van der Waals surface area contributed by atoms with E-state index in [0.717, 1.165) is 6.54 Å². The molecule has 2 heterocycles. The first-order valence-electron chi connectivity index (χ1n) is 8.05. The molecule has 20 heavy (non-hydrogen) atoms. The zero-order chi connectivity index (χ0) is 14.4. The summed E-state index contributed by atoms with van der Waals surface area (Å²) in [7, 11) is 0. The molecular formula is C17H28N2S. The van der Waals surface area contributed by atoms with E-state index < -0.39 is 0 Å². The molecule has 0 radical (unpaired) electrons. The van der Waals surface area contributed by atoms with Crippen LogP contribution in [0.5, 0.6) is 0 Å². The first-order chi connectivity index (χ1) is 9.52. The second kappa shape index (κ2) is 5.11. The van der Waals surface area contributed by atoms with Gasteiger partial charge in [-0.1, -0.05) is 26.7 Å². The molecular weight excluding hydrogens is 264 g/mol. The molecule has 1 aliphatic carbocycles. The zero-order valence-corrected chi connectivity index (χ0v) is 13.9. The molecule has 0 aromatic carbocycles. The quantitative estimate of drug-likeness (QED) is 0.894. The Bertz CT molecular complexity index is 479. The van der Waals surface area contributed by atoms with Crippen molar-refractivity contribution in [1.82, 2.24) is 4.90 Å². The minimum atomic E-state index is 0.185. The molecule has 2 unspecified atom stereocenters. The number of nitrogens with zero attached hydrogens (tertiary/aromatic N) is 1. The maximum atomic E-state index is 6.36. The smallest absolute Gasteiger partial charge is 0.0388 e. The maximum Gasteiger partial charge on any atom is 0.0388 e. The van der Waals surface area contributed by atoms with Gasteiger partial charge in [0.05, 0.1) is 0 Å². The predicted octanol–water partition coefficient (Wildman–Crippen LogP) is 3.96. The van der Waals surface area contributed by atoms with Crippen molar-refractivity contribution in [3.63, 3.8) is 0 Å². The number of rotatable bonds is 2. The van der Waals surface area contributed by atoms with E-state index in [9.17, 15) is 0 Å². The summed E-state index contributed by atoms with van der Waals surface area (Å²) in [6, 6.07) is 2.85. The molecule has 1 aromatic heterocycles. The van der Waals surface area contributed by atoms with Crippen LogP contribution in [0.15, 0.2) is 11.4 Å². The lowest BCUT2D eigenvalue weighted by molar-refractivity contribution is -0.0684. The Balaban J connectivity index is 1.98. The van der Waals surface area contributed by atoms with Gasteiger partial charge in [0.2, 0.25) is 0 Å². The van der Waals surface area contributed by atoms with Crippen molar-refractivity contribution in [3.8, 4) is 0 Å². The molecule has 2 N–H and O–H groups in total. The fourth-order valence-electron chi connectivity index (χ4n) is 4.68. The van der Waals surface area contributed by atoms with Gasteiger partial charge in [0.25, 0.3) is 0 Å². The van der Waals surface area contributed by atoms with Gasteiger partial charge in [-0.05, 0) is 48.6 Å². The van der Waals surface area contributed by atoms with E-state index in [4.69, 9.17) is 5.73 Å². The predicted molar refractivity (Wildman–Crippen MR) is 87.2 cm³/mol. The largest absolute Gasteiger partial charge is 0.329 e. The third-order valence-corrected chi connectivity index (χ3v) is 7.06. The molecule has 1 aromatic rings. The van der Waals surface area contributed by atoms with Crippen LogP contribution in [0.4, 0.5) is 0 Å². The monoisotopic (exact) mass is 292 g/mol. The molecule has 1 aliphatic heterocycles. The van der Waals surface area contributed by atoms with Crippen molar-refractivity contribution < 1.29 is 0 Å². The minimum absolute atomic E-state index is 0.185. The van der Waals surface area contributed by atoms with Gasteiger partial charge in [-0.25, -0.2) is 0 Å². The van der Waals surface area contributed by atoms with Crippen LogP contribution in [0.25, 0.3) is 0 Å². The van der Waals surface area contributed by atoms with Gasteiger partial charge in [0.15, 0.2) is 0 Å². The summed E-state index contributed by atoms with van der Waals surface area (Å²) in [4.78, 5) is 4.34. The lowest BCUT2D eigenvalue weighted by atomic mass is 9.61. The molecule has 2 atom stereocenters. The third-order valence-electron chi connectivity index (χ3n) is 6.07.